The quantitative estimate of drug-likeness (QED) is 0.500. The van der Waals surface area contributed by atoms with E-state index in [2.05, 4.69) is 5.32 Å². The largest absolute Gasteiger partial charge is 0.508 e. The summed E-state index contributed by atoms with van der Waals surface area (Å²) in [6.07, 6.45) is -0.750. The average Bonchev–Trinajstić information content (AvgIpc) is 2.82. The third-order valence-electron chi connectivity index (χ3n) is 6.10. The SMILES string of the molecule is COc1ccc(O)c(CNC2COC(C(c3ccc(F)cc3)c3ccc(F)cc3)CC2O)c1. The Labute approximate surface area is 191 Å². The summed E-state index contributed by atoms with van der Waals surface area (Å²) in [5.41, 5.74) is 2.31. The predicted molar refractivity (Wildman–Crippen MR) is 120 cm³/mol. The fraction of sp³-hybridized carbons (Fsp3) is 0.308. The van der Waals surface area contributed by atoms with Gasteiger partial charge in [0.15, 0.2) is 0 Å². The number of halogens is 2. The van der Waals surface area contributed by atoms with Crippen LogP contribution in [0.3, 0.4) is 0 Å². The maximum atomic E-state index is 13.5. The number of hydrogen-bond acceptors (Lipinski definition) is 5. The van der Waals surface area contributed by atoms with E-state index in [4.69, 9.17) is 9.47 Å². The molecule has 3 unspecified atom stereocenters. The molecule has 33 heavy (non-hydrogen) atoms. The van der Waals surface area contributed by atoms with Crippen molar-refractivity contribution in [3.8, 4) is 11.5 Å². The van der Waals surface area contributed by atoms with Gasteiger partial charge in [0, 0.05) is 24.4 Å². The summed E-state index contributed by atoms with van der Waals surface area (Å²) >= 11 is 0. The van der Waals surface area contributed by atoms with E-state index in [9.17, 15) is 19.0 Å². The molecule has 7 heteroatoms. The normalized spacial score (nSPS) is 20.7. The first-order valence-corrected chi connectivity index (χ1v) is 10.8. The lowest BCUT2D eigenvalue weighted by atomic mass is 9.82. The molecule has 0 spiro atoms. The van der Waals surface area contributed by atoms with Crippen LogP contribution in [0.1, 0.15) is 29.0 Å². The lowest BCUT2D eigenvalue weighted by Gasteiger charge is -2.38. The van der Waals surface area contributed by atoms with Crippen LogP contribution in [0.5, 0.6) is 11.5 Å². The summed E-state index contributed by atoms with van der Waals surface area (Å²) in [6, 6.07) is 16.9. The Morgan fingerprint density at radius 2 is 1.61 bits per heavy atom. The second kappa shape index (κ2) is 10.3. The minimum Gasteiger partial charge on any atom is -0.508 e. The second-order valence-electron chi connectivity index (χ2n) is 8.24. The van der Waals surface area contributed by atoms with E-state index in [0.717, 1.165) is 11.1 Å². The Hall–Kier alpha value is -3.00. The Bertz CT molecular complexity index is 1010. The molecule has 0 amide bonds. The van der Waals surface area contributed by atoms with Gasteiger partial charge in [-0.25, -0.2) is 8.78 Å². The van der Waals surface area contributed by atoms with Gasteiger partial charge < -0.3 is 25.0 Å². The maximum absolute atomic E-state index is 13.5. The number of ether oxygens (including phenoxy) is 2. The molecule has 0 bridgehead atoms. The number of aliphatic hydroxyl groups is 1. The third kappa shape index (κ3) is 5.50. The van der Waals surface area contributed by atoms with Crippen LogP contribution in [0.2, 0.25) is 0 Å². The first kappa shape index (κ1) is 23.2. The smallest absolute Gasteiger partial charge is 0.123 e. The number of nitrogens with one attached hydrogen (secondary N) is 1. The van der Waals surface area contributed by atoms with Crippen LogP contribution in [0.15, 0.2) is 66.7 Å². The fourth-order valence-electron chi connectivity index (χ4n) is 4.27. The van der Waals surface area contributed by atoms with Crippen LogP contribution in [0.25, 0.3) is 0 Å². The highest BCUT2D eigenvalue weighted by Crippen LogP contribution is 2.35. The summed E-state index contributed by atoms with van der Waals surface area (Å²) in [6.45, 7) is 0.577. The van der Waals surface area contributed by atoms with E-state index >= 15 is 0 Å². The molecule has 1 saturated heterocycles. The molecule has 0 radical (unpaired) electrons. The summed E-state index contributed by atoms with van der Waals surface area (Å²) < 4.78 is 38.4. The highest BCUT2D eigenvalue weighted by atomic mass is 19.1. The highest BCUT2D eigenvalue weighted by Gasteiger charge is 2.35. The molecule has 0 saturated carbocycles. The molecule has 1 fully saturated rings. The van der Waals surface area contributed by atoms with Crippen molar-refractivity contribution in [3.05, 3.63) is 95.1 Å². The van der Waals surface area contributed by atoms with Crippen molar-refractivity contribution >= 4 is 0 Å². The Morgan fingerprint density at radius 3 is 2.15 bits per heavy atom. The molecule has 3 atom stereocenters. The second-order valence-corrected chi connectivity index (χ2v) is 8.24. The number of methoxy groups -OCH3 is 1. The molecule has 1 aliphatic heterocycles. The van der Waals surface area contributed by atoms with Gasteiger partial charge in [-0.05, 0) is 53.6 Å². The lowest BCUT2D eigenvalue weighted by Crippen LogP contribution is -2.50. The van der Waals surface area contributed by atoms with E-state index in [0.29, 0.717) is 24.3 Å². The predicted octanol–water partition coefficient (Wildman–Crippen LogP) is 4.12. The number of phenolic OH excluding ortho intramolecular Hbond substituents is 1. The van der Waals surface area contributed by atoms with Gasteiger partial charge in [0.2, 0.25) is 0 Å². The molecule has 0 aromatic heterocycles. The average molecular weight is 456 g/mol. The van der Waals surface area contributed by atoms with Crippen LogP contribution >= 0.6 is 0 Å². The molecule has 3 aromatic rings. The standard InChI is InChI=1S/C26H27F2NO4/c1-32-21-10-11-23(30)18(12-21)14-29-22-15-33-25(13-24(22)31)26(16-2-6-19(27)7-3-16)17-4-8-20(28)9-5-17/h2-12,22,24-26,29-31H,13-15H2,1H3. The molecule has 3 aromatic carbocycles. The molecule has 1 aliphatic rings. The molecule has 5 nitrogen and oxygen atoms in total. The van der Waals surface area contributed by atoms with Crippen LogP contribution in [-0.2, 0) is 11.3 Å². The number of phenols is 1. The number of rotatable bonds is 7. The van der Waals surface area contributed by atoms with Gasteiger partial charge in [0.25, 0.3) is 0 Å². The summed E-state index contributed by atoms with van der Waals surface area (Å²) in [7, 11) is 1.56. The van der Waals surface area contributed by atoms with E-state index in [1.165, 1.54) is 24.3 Å². The zero-order valence-corrected chi connectivity index (χ0v) is 18.2. The topological polar surface area (TPSA) is 71.0 Å². The van der Waals surface area contributed by atoms with Crippen molar-refractivity contribution in [1.29, 1.82) is 0 Å². The van der Waals surface area contributed by atoms with Crippen LogP contribution in [-0.4, -0.2) is 42.2 Å². The van der Waals surface area contributed by atoms with Gasteiger partial charge in [0.1, 0.15) is 23.1 Å². The minimum atomic E-state index is -0.708. The number of benzene rings is 3. The van der Waals surface area contributed by atoms with Crippen molar-refractivity contribution in [2.75, 3.05) is 13.7 Å². The summed E-state index contributed by atoms with van der Waals surface area (Å²) in [4.78, 5) is 0. The Kier molecular flexibility index (Phi) is 7.23. The van der Waals surface area contributed by atoms with Crippen molar-refractivity contribution < 1.29 is 28.5 Å². The highest BCUT2D eigenvalue weighted by molar-refractivity contribution is 5.39. The molecule has 1 heterocycles. The van der Waals surface area contributed by atoms with Gasteiger partial charge in [-0.2, -0.15) is 0 Å². The van der Waals surface area contributed by atoms with E-state index in [1.807, 2.05) is 0 Å². The van der Waals surface area contributed by atoms with Crippen molar-refractivity contribution in [3.63, 3.8) is 0 Å². The van der Waals surface area contributed by atoms with Crippen LogP contribution in [0, 0.1) is 11.6 Å². The molecular weight excluding hydrogens is 428 g/mol. The van der Waals surface area contributed by atoms with Crippen LogP contribution < -0.4 is 10.1 Å². The molecule has 4 rings (SSSR count). The van der Waals surface area contributed by atoms with Crippen molar-refractivity contribution in [2.45, 2.75) is 37.1 Å². The number of hydrogen-bond donors (Lipinski definition) is 3. The molecule has 0 aliphatic carbocycles. The van der Waals surface area contributed by atoms with E-state index in [1.54, 1.807) is 49.6 Å². The molecule has 3 N–H and O–H groups in total. The lowest BCUT2D eigenvalue weighted by molar-refractivity contribution is -0.0718. The zero-order chi connectivity index (χ0) is 23.4. The fourth-order valence-corrected chi connectivity index (χ4v) is 4.27. The first-order chi connectivity index (χ1) is 15.9. The van der Waals surface area contributed by atoms with Crippen molar-refractivity contribution in [1.82, 2.24) is 5.32 Å². The number of aromatic hydroxyl groups is 1. The Balaban J connectivity index is 1.48. The number of aliphatic hydroxyl groups excluding tert-OH is 1. The zero-order valence-electron chi connectivity index (χ0n) is 18.2. The van der Waals surface area contributed by atoms with Gasteiger partial charge in [0.05, 0.1) is 32.0 Å². The minimum absolute atomic E-state index is 0.139. The molecule has 174 valence electrons. The van der Waals surface area contributed by atoms with Crippen LogP contribution in [0.4, 0.5) is 8.78 Å². The Morgan fingerprint density at radius 1 is 1.00 bits per heavy atom. The van der Waals surface area contributed by atoms with Gasteiger partial charge in [-0.3, -0.25) is 0 Å². The van der Waals surface area contributed by atoms with Crippen molar-refractivity contribution in [2.24, 2.45) is 0 Å². The van der Waals surface area contributed by atoms with Gasteiger partial charge >= 0.3 is 0 Å². The van der Waals surface area contributed by atoms with E-state index < -0.39 is 6.10 Å². The summed E-state index contributed by atoms with van der Waals surface area (Å²) in [5.74, 6) is -0.201. The maximum Gasteiger partial charge on any atom is 0.123 e. The van der Waals surface area contributed by atoms with E-state index in [-0.39, 0.29) is 42.1 Å². The molecular formula is C26H27F2NO4. The van der Waals surface area contributed by atoms with Gasteiger partial charge in [-0.1, -0.05) is 24.3 Å². The first-order valence-electron chi connectivity index (χ1n) is 10.8. The summed E-state index contributed by atoms with van der Waals surface area (Å²) in [5, 5.41) is 24.2. The van der Waals surface area contributed by atoms with Gasteiger partial charge in [-0.15, -0.1) is 0 Å². The third-order valence-corrected chi connectivity index (χ3v) is 6.10. The monoisotopic (exact) mass is 455 g/mol.